The van der Waals surface area contributed by atoms with Crippen molar-refractivity contribution in [2.24, 2.45) is 0 Å². The molecule has 166 valence electrons. The number of aromatic amines is 1. The van der Waals surface area contributed by atoms with Gasteiger partial charge in [-0.3, -0.25) is 23.9 Å². The van der Waals surface area contributed by atoms with E-state index in [-0.39, 0.29) is 29.1 Å². The number of rotatable bonds is 8. The van der Waals surface area contributed by atoms with Crippen molar-refractivity contribution in [3.8, 4) is 0 Å². The van der Waals surface area contributed by atoms with Gasteiger partial charge in [0.25, 0.3) is 5.56 Å². The van der Waals surface area contributed by atoms with Gasteiger partial charge in [0, 0.05) is 24.3 Å². The molecule has 32 heavy (non-hydrogen) atoms. The Balaban J connectivity index is 1.42. The second-order valence-corrected chi connectivity index (χ2v) is 9.29. The molecule has 1 aromatic carbocycles. The number of nitrogens with two attached hydrogens (primary N) is 1. The maximum atomic E-state index is 12.7. The Labute approximate surface area is 189 Å². The van der Waals surface area contributed by atoms with E-state index in [1.807, 2.05) is 6.07 Å². The summed E-state index contributed by atoms with van der Waals surface area (Å²) in [5.41, 5.74) is 5.74. The monoisotopic (exact) mass is 473 g/mol. The minimum Gasteiger partial charge on any atom is -0.384 e. The zero-order chi connectivity index (χ0) is 22.8. The molecule has 1 fully saturated rings. The lowest BCUT2D eigenvalue weighted by atomic mass is 10.2. The highest BCUT2D eigenvalue weighted by Gasteiger charge is 2.30. The van der Waals surface area contributed by atoms with Crippen LogP contribution in [0.4, 0.5) is 22.3 Å². The second kappa shape index (κ2) is 8.96. The molecule has 2 heterocycles. The average Bonchev–Trinajstić information content (AvgIpc) is 3.44. The first-order chi connectivity index (χ1) is 15.3. The molecular formula is C19H19N7O4S2. The van der Waals surface area contributed by atoms with Crippen LogP contribution in [0.3, 0.4) is 0 Å². The minimum atomic E-state index is -0.784. The second-order valence-electron chi connectivity index (χ2n) is 7.09. The average molecular weight is 474 g/mol. The molecule has 1 aliphatic carbocycles. The number of H-pyrrole nitrogens is 1. The molecule has 1 aliphatic rings. The molecule has 3 aromatic rings. The molecule has 11 nitrogen and oxygen atoms in total. The van der Waals surface area contributed by atoms with Crippen LogP contribution in [0, 0.1) is 0 Å². The summed E-state index contributed by atoms with van der Waals surface area (Å²) in [5, 5.41) is 14.4. The van der Waals surface area contributed by atoms with Crippen molar-refractivity contribution in [1.82, 2.24) is 19.7 Å². The lowest BCUT2D eigenvalue weighted by molar-refractivity contribution is -0.114. The molecule has 1 amide bonds. The largest absolute Gasteiger partial charge is 0.384 e. The third kappa shape index (κ3) is 4.89. The number of carbonyl (C=O) groups excluding carboxylic acids is 2. The standard InChI is InChI=1S/C19H19N7O4S2/c1-9(27)21-10-3-2-4-11(7-10)22-17-24-25-19(32-17)31-8-13(28)14-15(20)26(12-5-6-12)18(30)23-16(14)29/h2-4,7,12H,5-6,8,20H2,1H3,(H,21,27)(H,22,24)(H,23,29,30). The van der Waals surface area contributed by atoms with E-state index in [9.17, 15) is 19.2 Å². The van der Waals surface area contributed by atoms with Gasteiger partial charge in [0.05, 0.1) is 5.75 Å². The number of amides is 1. The van der Waals surface area contributed by atoms with Gasteiger partial charge in [0.15, 0.2) is 10.1 Å². The van der Waals surface area contributed by atoms with E-state index in [1.54, 1.807) is 18.2 Å². The summed E-state index contributed by atoms with van der Waals surface area (Å²) in [7, 11) is 0. The van der Waals surface area contributed by atoms with Crippen molar-refractivity contribution in [1.29, 1.82) is 0 Å². The Morgan fingerprint density at radius 2 is 2.03 bits per heavy atom. The number of Topliss-reactive ketones (excluding diaryl/α,β-unsaturated/α-hetero) is 1. The molecule has 0 aliphatic heterocycles. The predicted molar refractivity (Wildman–Crippen MR) is 123 cm³/mol. The maximum absolute atomic E-state index is 12.7. The van der Waals surface area contributed by atoms with Crippen molar-refractivity contribution in [2.75, 3.05) is 22.1 Å². The van der Waals surface area contributed by atoms with Crippen LogP contribution >= 0.6 is 23.1 Å². The Morgan fingerprint density at radius 3 is 2.75 bits per heavy atom. The first-order valence-corrected chi connectivity index (χ1v) is 11.4. The third-order valence-corrected chi connectivity index (χ3v) is 6.51. The fraction of sp³-hybridized carbons (Fsp3) is 0.263. The van der Waals surface area contributed by atoms with E-state index in [2.05, 4.69) is 25.8 Å². The Kier molecular flexibility index (Phi) is 6.10. The summed E-state index contributed by atoms with van der Waals surface area (Å²) in [6.45, 7) is 1.43. The van der Waals surface area contributed by atoms with Gasteiger partial charge in [-0.15, -0.1) is 10.2 Å². The van der Waals surface area contributed by atoms with Crippen molar-refractivity contribution < 1.29 is 9.59 Å². The molecule has 1 saturated carbocycles. The lowest BCUT2D eigenvalue weighted by Gasteiger charge is -2.10. The quantitative estimate of drug-likeness (QED) is 0.283. The van der Waals surface area contributed by atoms with E-state index < -0.39 is 17.0 Å². The number of nitrogens with zero attached hydrogens (tertiary/aromatic N) is 3. The lowest BCUT2D eigenvalue weighted by Crippen LogP contribution is -2.36. The van der Waals surface area contributed by atoms with Gasteiger partial charge in [0.2, 0.25) is 11.0 Å². The molecule has 0 radical (unpaired) electrons. The van der Waals surface area contributed by atoms with Gasteiger partial charge in [-0.2, -0.15) is 0 Å². The minimum absolute atomic E-state index is 0.0699. The van der Waals surface area contributed by atoms with Crippen LogP contribution in [0.25, 0.3) is 0 Å². The number of aromatic nitrogens is 4. The molecule has 0 saturated heterocycles. The van der Waals surface area contributed by atoms with Gasteiger partial charge < -0.3 is 16.4 Å². The third-order valence-electron chi connectivity index (χ3n) is 4.54. The highest BCUT2D eigenvalue weighted by molar-refractivity contribution is 8.01. The van der Waals surface area contributed by atoms with E-state index in [1.165, 1.54) is 22.8 Å². The molecule has 5 N–H and O–H groups in total. The summed E-state index contributed by atoms with van der Waals surface area (Å²) >= 11 is 2.35. The van der Waals surface area contributed by atoms with Crippen LogP contribution in [0.5, 0.6) is 0 Å². The number of ketones is 1. The predicted octanol–water partition coefficient (Wildman–Crippen LogP) is 1.98. The molecule has 13 heteroatoms. The Bertz CT molecular complexity index is 1310. The fourth-order valence-corrected chi connectivity index (χ4v) is 4.69. The molecule has 2 aromatic heterocycles. The highest BCUT2D eigenvalue weighted by Crippen LogP contribution is 2.35. The van der Waals surface area contributed by atoms with Gasteiger partial charge in [-0.25, -0.2) is 4.79 Å². The molecule has 4 rings (SSSR count). The van der Waals surface area contributed by atoms with Crippen LogP contribution in [0.2, 0.25) is 0 Å². The molecule has 0 bridgehead atoms. The van der Waals surface area contributed by atoms with Crippen LogP contribution in [-0.2, 0) is 4.79 Å². The Hall–Kier alpha value is -3.45. The number of hydrogen-bond acceptors (Lipinski definition) is 10. The zero-order valence-electron chi connectivity index (χ0n) is 16.9. The number of nitrogens with one attached hydrogen (secondary N) is 3. The SMILES string of the molecule is CC(=O)Nc1cccc(Nc2nnc(SCC(=O)c3c(N)n(C4CC4)c(=O)[nH]c3=O)s2)c1. The number of carbonyl (C=O) groups is 2. The molecule has 0 atom stereocenters. The van der Waals surface area contributed by atoms with Gasteiger partial charge in [0.1, 0.15) is 11.4 Å². The normalized spacial score (nSPS) is 13.0. The van der Waals surface area contributed by atoms with Crippen molar-refractivity contribution >= 4 is 57.1 Å². The van der Waals surface area contributed by atoms with Crippen molar-refractivity contribution in [3.05, 3.63) is 50.7 Å². The maximum Gasteiger partial charge on any atom is 0.330 e. The zero-order valence-corrected chi connectivity index (χ0v) is 18.5. The summed E-state index contributed by atoms with van der Waals surface area (Å²) in [6.07, 6.45) is 1.57. The molecular weight excluding hydrogens is 454 g/mol. The number of hydrogen-bond donors (Lipinski definition) is 4. The number of anilines is 4. The summed E-state index contributed by atoms with van der Waals surface area (Å²) < 4.78 is 1.80. The highest BCUT2D eigenvalue weighted by atomic mass is 32.2. The fourth-order valence-electron chi connectivity index (χ4n) is 3.05. The topological polar surface area (TPSA) is 165 Å². The van der Waals surface area contributed by atoms with Crippen LogP contribution < -0.4 is 27.6 Å². The summed E-state index contributed by atoms with van der Waals surface area (Å²) in [5.74, 6) is -0.835. The van der Waals surface area contributed by atoms with E-state index in [0.717, 1.165) is 24.6 Å². The number of nitrogen functional groups attached to an aromatic ring is 1. The molecule has 0 unspecified atom stereocenters. The van der Waals surface area contributed by atoms with Gasteiger partial charge in [-0.05, 0) is 31.0 Å². The van der Waals surface area contributed by atoms with Crippen molar-refractivity contribution in [3.63, 3.8) is 0 Å². The van der Waals surface area contributed by atoms with Crippen LogP contribution in [0.1, 0.15) is 36.2 Å². The van der Waals surface area contributed by atoms with Gasteiger partial charge >= 0.3 is 5.69 Å². The summed E-state index contributed by atoms with van der Waals surface area (Å²) in [6, 6.07) is 7.04. The first kappa shape index (κ1) is 21.8. The number of thioether (sulfide) groups is 1. The van der Waals surface area contributed by atoms with E-state index in [4.69, 9.17) is 5.73 Å². The smallest absolute Gasteiger partial charge is 0.330 e. The van der Waals surface area contributed by atoms with E-state index >= 15 is 0 Å². The van der Waals surface area contributed by atoms with E-state index in [0.29, 0.717) is 20.8 Å². The van der Waals surface area contributed by atoms with Crippen LogP contribution in [-0.4, -0.2) is 37.2 Å². The Morgan fingerprint density at radius 1 is 1.28 bits per heavy atom. The first-order valence-electron chi connectivity index (χ1n) is 9.60. The number of benzene rings is 1. The van der Waals surface area contributed by atoms with Crippen LogP contribution in [0.15, 0.2) is 38.2 Å². The van der Waals surface area contributed by atoms with Gasteiger partial charge in [-0.1, -0.05) is 29.2 Å². The van der Waals surface area contributed by atoms with Crippen molar-refractivity contribution in [2.45, 2.75) is 30.1 Å². The molecule has 0 spiro atoms. The summed E-state index contributed by atoms with van der Waals surface area (Å²) in [4.78, 5) is 50.2.